The largest absolute Gasteiger partial charge is 0.479 e. The summed E-state index contributed by atoms with van der Waals surface area (Å²) in [5.41, 5.74) is 6.36. The van der Waals surface area contributed by atoms with Gasteiger partial charge in [0.05, 0.1) is 7.11 Å². The molecule has 0 radical (unpaired) electrons. The van der Waals surface area contributed by atoms with E-state index >= 15 is 0 Å². The van der Waals surface area contributed by atoms with E-state index in [9.17, 15) is 0 Å². The summed E-state index contributed by atoms with van der Waals surface area (Å²) in [6.45, 7) is 6.56. The molecule has 1 rings (SSSR count). The van der Waals surface area contributed by atoms with E-state index < -0.39 is 0 Å². The number of hydrogen-bond acceptors (Lipinski definition) is 5. The van der Waals surface area contributed by atoms with Crippen molar-refractivity contribution >= 4 is 11.5 Å². The molecule has 0 fully saturated rings. The van der Waals surface area contributed by atoms with Crippen molar-refractivity contribution in [3.05, 3.63) is 6.33 Å². The van der Waals surface area contributed by atoms with Crippen LogP contribution in [0.25, 0.3) is 0 Å². The number of nitrogens with one attached hydrogen (secondary N) is 1. The first kappa shape index (κ1) is 13.5. The van der Waals surface area contributed by atoms with Gasteiger partial charge in [0.2, 0.25) is 5.88 Å². The Hall–Kier alpha value is -1.52. The number of nitrogens with two attached hydrogens (primary N) is 1. The molecular formula is C12H22N4O. The van der Waals surface area contributed by atoms with E-state index in [1.54, 1.807) is 7.11 Å². The topological polar surface area (TPSA) is 73.1 Å². The molecule has 0 aliphatic heterocycles. The van der Waals surface area contributed by atoms with Crippen LogP contribution in [0.1, 0.15) is 33.6 Å². The number of nitrogens with zero attached hydrogens (tertiary/aromatic N) is 2. The maximum atomic E-state index is 5.89. The molecule has 0 saturated heterocycles. The molecule has 0 aliphatic carbocycles. The zero-order chi connectivity index (χ0) is 12.8. The molecule has 0 amide bonds. The Morgan fingerprint density at radius 2 is 2.12 bits per heavy atom. The Morgan fingerprint density at radius 1 is 1.41 bits per heavy atom. The molecule has 2 unspecified atom stereocenters. The van der Waals surface area contributed by atoms with Crippen molar-refractivity contribution < 1.29 is 4.74 Å². The van der Waals surface area contributed by atoms with E-state index in [2.05, 4.69) is 36.1 Å². The van der Waals surface area contributed by atoms with E-state index in [0.29, 0.717) is 29.3 Å². The second-order valence-electron chi connectivity index (χ2n) is 4.44. The Labute approximate surface area is 103 Å². The van der Waals surface area contributed by atoms with Gasteiger partial charge < -0.3 is 15.8 Å². The predicted octanol–water partition coefficient (Wildman–Crippen LogP) is 2.30. The molecule has 1 aromatic rings. The minimum atomic E-state index is 0.326. The minimum Gasteiger partial charge on any atom is -0.479 e. The average Bonchev–Trinajstić information content (AvgIpc) is 2.31. The Morgan fingerprint density at radius 3 is 2.71 bits per heavy atom. The number of aromatic nitrogens is 2. The molecular weight excluding hydrogens is 216 g/mol. The van der Waals surface area contributed by atoms with Crippen molar-refractivity contribution in [3.63, 3.8) is 0 Å². The zero-order valence-corrected chi connectivity index (χ0v) is 11.0. The van der Waals surface area contributed by atoms with Gasteiger partial charge in [0.15, 0.2) is 5.82 Å². The summed E-state index contributed by atoms with van der Waals surface area (Å²) in [5, 5.41) is 3.29. The van der Waals surface area contributed by atoms with Gasteiger partial charge in [-0.3, -0.25) is 0 Å². The first-order chi connectivity index (χ1) is 8.08. The van der Waals surface area contributed by atoms with E-state index in [-0.39, 0.29) is 0 Å². The normalized spacial score (nSPS) is 14.1. The number of nitrogen functional groups attached to an aromatic ring is 1. The lowest BCUT2D eigenvalue weighted by Crippen LogP contribution is -2.20. The first-order valence-electron chi connectivity index (χ1n) is 5.99. The zero-order valence-electron chi connectivity index (χ0n) is 11.0. The van der Waals surface area contributed by atoms with Crippen LogP contribution in [0.5, 0.6) is 5.88 Å². The van der Waals surface area contributed by atoms with Crippen LogP contribution >= 0.6 is 0 Å². The van der Waals surface area contributed by atoms with E-state index in [1.807, 2.05) is 0 Å². The lowest BCUT2D eigenvalue weighted by Gasteiger charge is -2.19. The van der Waals surface area contributed by atoms with E-state index in [1.165, 1.54) is 12.7 Å². The number of hydrogen-bond donors (Lipinski definition) is 2. The molecule has 1 heterocycles. The Balaban J connectivity index is 2.68. The standard InChI is InChI=1S/C12H22N4O/c1-5-8(2)6-9(3)16-11-10(13)12(17-4)15-7-14-11/h7-9H,5-6,13H2,1-4H3,(H,14,15,16). The summed E-state index contributed by atoms with van der Waals surface area (Å²) >= 11 is 0. The van der Waals surface area contributed by atoms with Crippen LogP contribution in [0.4, 0.5) is 11.5 Å². The molecule has 0 saturated carbocycles. The first-order valence-corrected chi connectivity index (χ1v) is 5.99. The van der Waals surface area contributed by atoms with Gasteiger partial charge in [-0.25, -0.2) is 4.98 Å². The van der Waals surface area contributed by atoms with Gasteiger partial charge in [0.25, 0.3) is 0 Å². The summed E-state index contributed by atoms with van der Waals surface area (Å²) in [7, 11) is 1.55. The highest BCUT2D eigenvalue weighted by Gasteiger charge is 2.12. The second-order valence-corrected chi connectivity index (χ2v) is 4.44. The summed E-state index contributed by atoms with van der Waals surface area (Å²) in [4.78, 5) is 8.08. The molecule has 17 heavy (non-hydrogen) atoms. The maximum Gasteiger partial charge on any atom is 0.242 e. The van der Waals surface area contributed by atoms with Crippen LogP contribution < -0.4 is 15.8 Å². The fourth-order valence-electron chi connectivity index (χ4n) is 1.72. The fraction of sp³-hybridized carbons (Fsp3) is 0.667. The van der Waals surface area contributed by atoms with E-state index in [4.69, 9.17) is 10.5 Å². The van der Waals surface area contributed by atoms with Crippen molar-refractivity contribution in [2.24, 2.45) is 5.92 Å². The van der Waals surface area contributed by atoms with Gasteiger partial charge in [-0.15, -0.1) is 0 Å². The summed E-state index contributed by atoms with van der Waals surface area (Å²) < 4.78 is 5.05. The predicted molar refractivity (Wildman–Crippen MR) is 70.2 cm³/mol. The summed E-state index contributed by atoms with van der Waals surface area (Å²) in [5.74, 6) is 1.74. The molecule has 2 atom stereocenters. The Kier molecular flexibility index (Phi) is 5.00. The van der Waals surface area contributed by atoms with E-state index in [0.717, 1.165) is 6.42 Å². The molecule has 96 valence electrons. The molecule has 0 aromatic carbocycles. The maximum absolute atomic E-state index is 5.89. The molecule has 0 spiro atoms. The van der Waals surface area contributed by atoms with Crippen LogP contribution in [0, 0.1) is 5.92 Å². The summed E-state index contributed by atoms with van der Waals surface area (Å²) in [6, 6.07) is 0.326. The van der Waals surface area contributed by atoms with Crippen molar-refractivity contribution in [1.82, 2.24) is 9.97 Å². The quantitative estimate of drug-likeness (QED) is 0.795. The fourth-order valence-corrected chi connectivity index (χ4v) is 1.72. The highest BCUT2D eigenvalue weighted by atomic mass is 16.5. The van der Waals surface area contributed by atoms with Crippen LogP contribution in [0.15, 0.2) is 6.33 Å². The molecule has 3 N–H and O–H groups in total. The highest BCUT2D eigenvalue weighted by molar-refractivity contribution is 5.66. The number of methoxy groups -OCH3 is 1. The van der Waals surface area contributed by atoms with Crippen molar-refractivity contribution in [2.75, 3.05) is 18.2 Å². The third kappa shape index (κ3) is 3.76. The van der Waals surface area contributed by atoms with Gasteiger partial charge in [0, 0.05) is 6.04 Å². The van der Waals surface area contributed by atoms with Crippen LogP contribution in [0.2, 0.25) is 0 Å². The van der Waals surface area contributed by atoms with Crippen LogP contribution in [0.3, 0.4) is 0 Å². The van der Waals surface area contributed by atoms with Crippen LogP contribution in [-0.4, -0.2) is 23.1 Å². The van der Waals surface area contributed by atoms with Gasteiger partial charge in [-0.1, -0.05) is 20.3 Å². The molecule has 0 aliphatic rings. The SMILES string of the molecule is CCC(C)CC(C)Nc1ncnc(OC)c1N. The van der Waals surface area contributed by atoms with Crippen LogP contribution in [-0.2, 0) is 0 Å². The van der Waals surface area contributed by atoms with Gasteiger partial charge in [0.1, 0.15) is 12.0 Å². The van der Waals surface area contributed by atoms with Gasteiger partial charge >= 0.3 is 0 Å². The Bertz CT molecular complexity index is 356. The molecule has 1 aromatic heterocycles. The molecule has 5 nitrogen and oxygen atoms in total. The smallest absolute Gasteiger partial charge is 0.242 e. The third-order valence-electron chi connectivity index (χ3n) is 2.88. The number of anilines is 2. The van der Waals surface area contributed by atoms with Gasteiger partial charge in [-0.2, -0.15) is 4.98 Å². The third-order valence-corrected chi connectivity index (χ3v) is 2.88. The van der Waals surface area contributed by atoms with Crippen molar-refractivity contribution in [2.45, 2.75) is 39.7 Å². The minimum absolute atomic E-state index is 0.326. The van der Waals surface area contributed by atoms with Crippen molar-refractivity contribution in [3.8, 4) is 5.88 Å². The summed E-state index contributed by atoms with van der Waals surface area (Å²) in [6.07, 6.45) is 3.71. The number of ether oxygens (including phenoxy) is 1. The number of rotatable bonds is 6. The molecule has 0 bridgehead atoms. The lowest BCUT2D eigenvalue weighted by molar-refractivity contribution is 0.399. The lowest BCUT2D eigenvalue weighted by atomic mass is 10.0. The second kappa shape index (κ2) is 6.27. The van der Waals surface area contributed by atoms with Gasteiger partial charge in [-0.05, 0) is 19.3 Å². The average molecular weight is 238 g/mol. The molecule has 5 heteroatoms. The highest BCUT2D eigenvalue weighted by Crippen LogP contribution is 2.25. The monoisotopic (exact) mass is 238 g/mol. The van der Waals surface area contributed by atoms with Crippen molar-refractivity contribution in [1.29, 1.82) is 0 Å².